The highest BCUT2D eigenvalue weighted by molar-refractivity contribution is 7.92. The van der Waals surface area contributed by atoms with Crippen LogP contribution in [0.1, 0.15) is 19.8 Å². The smallest absolute Gasteiger partial charge is 0.232 e. The van der Waals surface area contributed by atoms with Crippen molar-refractivity contribution in [2.75, 3.05) is 23.7 Å². The summed E-state index contributed by atoms with van der Waals surface area (Å²) in [7, 11) is -3.54. The minimum atomic E-state index is -3.54. The molecule has 0 aliphatic rings. The zero-order chi connectivity index (χ0) is 19.0. The Morgan fingerprint density at radius 1 is 1.08 bits per heavy atom. The average molecular weight is 376 g/mol. The molecule has 2 aromatic rings. The molecule has 7 heteroatoms. The van der Waals surface area contributed by atoms with Gasteiger partial charge in [-0.2, -0.15) is 0 Å². The fraction of sp³-hybridized carbons (Fsp3) is 0.316. The molecular weight excluding hydrogens is 352 g/mol. The Labute approximate surface area is 154 Å². The maximum Gasteiger partial charge on any atom is 0.232 e. The van der Waals surface area contributed by atoms with Crippen LogP contribution < -0.4 is 14.4 Å². The summed E-state index contributed by atoms with van der Waals surface area (Å²) in [6.07, 6.45) is 2.31. The highest BCUT2D eigenvalue weighted by Crippen LogP contribution is 2.33. The van der Waals surface area contributed by atoms with E-state index in [1.54, 1.807) is 36.4 Å². The first kappa shape index (κ1) is 19.8. The number of nitrogens with zero attached hydrogens (tertiary/aromatic N) is 1. The Morgan fingerprint density at radius 2 is 1.73 bits per heavy atom. The molecule has 140 valence electrons. The second-order valence-corrected chi connectivity index (χ2v) is 7.72. The number of rotatable bonds is 9. The summed E-state index contributed by atoms with van der Waals surface area (Å²) in [4.78, 5) is 11.6. The maximum atomic E-state index is 12.3. The maximum absolute atomic E-state index is 12.3. The monoisotopic (exact) mass is 376 g/mol. The summed E-state index contributed by atoms with van der Waals surface area (Å²) >= 11 is 0. The summed E-state index contributed by atoms with van der Waals surface area (Å²) in [6, 6.07) is 16.1. The lowest BCUT2D eigenvalue weighted by molar-refractivity contribution is -0.121. The van der Waals surface area contributed by atoms with Gasteiger partial charge in [0.2, 0.25) is 15.9 Å². The van der Waals surface area contributed by atoms with Crippen molar-refractivity contribution in [3.05, 3.63) is 54.6 Å². The summed E-state index contributed by atoms with van der Waals surface area (Å²) in [5.41, 5.74) is 0.434. The second-order valence-electron chi connectivity index (χ2n) is 5.82. The van der Waals surface area contributed by atoms with Crippen LogP contribution in [0.5, 0.6) is 11.5 Å². The highest BCUT2D eigenvalue weighted by Gasteiger charge is 2.21. The normalized spacial score (nSPS) is 11.0. The van der Waals surface area contributed by atoms with Crippen molar-refractivity contribution >= 4 is 21.6 Å². The molecule has 0 aromatic heterocycles. The number of anilines is 1. The molecule has 0 radical (unpaired) electrons. The molecule has 1 N–H and O–H groups in total. The molecule has 0 aliphatic carbocycles. The van der Waals surface area contributed by atoms with Crippen molar-refractivity contribution in [3.63, 3.8) is 0 Å². The predicted molar refractivity (Wildman–Crippen MR) is 103 cm³/mol. The van der Waals surface area contributed by atoms with Gasteiger partial charge in [-0.05, 0) is 30.7 Å². The Hall–Kier alpha value is -2.54. The Bertz CT molecular complexity index is 822. The van der Waals surface area contributed by atoms with Crippen molar-refractivity contribution < 1.29 is 17.9 Å². The lowest BCUT2D eigenvalue weighted by Crippen LogP contribution is -2.38. The molecule has 0 aliphatic heterocycles. The Balaban J connectivity index is 2.21. The first-order valence-corrected chi connectivity index (χ1v) is 10.3. The first-order chi connectivity index (χ1) is 12.4. The number of amides is 1. The van der Waals surface area contributed by atoms with Crippen LogP contribution in [0.4, 0.5) is 5.69 Å². The van der Waals surface area contributed by atoms with E-state index in [1.165, 1.54) is 4.31 Å². The van der Waals surface area contributed by atoms with Crippen LogP contribution in [0.2, 0.25) is 0 Å². The van der Waals surface area contributed by atoms with Gasteiger partial charge in [0.25, 0.3) is 0 Å². The van der Waals surface area contributed by atoms with Gasteiger partial charge in [-0.15, -0.1) is 0 Å². The topological polar surface area (TPSA) is 75.7 Å². The van der Waals surface area contributed by atoms with Gasteiger partial charge in [0, 0.05) is 13.0 Å². The number of hydrogen-bond acceptors (Lipinski definition) is 4. The molecule has 1 amide bonds. The average Bonchev–Trinajstić information content (AvgIpc) is 2.60. The number of nitrogens with one attached hydrogen (secondary N) is 1. The number of ether oxygens (including phenoxy) is 1. The molecule has 6 nitrogen and oxygen atoms in total. The molecule has 2 aromatic carbocycles. The van der Waals surface area contributed by atoms with Crippen molar-refractivity contribution in [2.45, 2.75) is 19.8 Å². The van der Waals surface area contributed by atoms with E-state index in [-0.39, 0.29) is 19.0 Å². The van der Waals surface area contributed by atoms with Crippen LogP contribution in [0, 0.1) is 0 Å². The first-order valence-electron chi connectivity index (χ1n) is 8.48. The van der Waals surface area contributed by atoms with E-state index >= 15 is 0 Å². The van der Waals surface area contributed by atoms with Crippen molar-refractivity contribution in [3.8, 4) is 11.5 Å². The van der Waals surface area contributed by atoms with Crippen LogP contribution in [-0.4, -0.2) is 33.7 Å². The van der Waals surface area contributed by atoms with E-state index in [1.807, 2.05) is 25.1 Å². The lowest BCUT2D eigenvalue weighted by atomic mass is 10.3. The third kappa shape index (κ3) is 5.77. The summed E-state index contributed by atoms with van der Waals surface area (Å²) in [6.45, 7) is 2.27. The van der Waals surface area contributed by atoms with Gasteiger partial charge >= 0.3 is 0 Å². The zero-order valence-corrected chi connectivity index (χ0v) is 15.8. The molecule has 0 bridgehead atoms. The molecule has 0 spiro atoms. The van der Waals surface area contributed by atoms with E-state index in [4.69, 9.17) is 4.74 Å². The largest absolute Gasteiger partial charge is 0.455 e. The van der Waals surface area contributed by atoms with Crippen molar-refractivity contribution in [1.82, 2.24) is 5.32 Å². The molecule has 2 rings (SSSR count). The molecule has 0 atom stereocenters. The summed E-state index contributed by atoms with van der Waals surface area (Å²) < 4.78 is 31.7. The van der Waals surface area contributed by atoms with E-state index in [0.717, 1.165) is 12.7 Å². The molecule has 0 unspecified atom stereocenters. The van der Waals surface area contributed by atoms with Gasteiger partial charge in [0.15, 0.2) is 5.75 Å². The number of carbonyl (C=O) groups is 1. The van der Waals surface area contributed by atoms with E-state index in [9.17, 15) is 13.2 Å². The fourth-order valence-corrected chi connectivity index (χ4v) is 3.37. The van der Waals surface area contributed by atoms with E-state index in [0.29, 0.717) is 23.6 Å². The van der Waals surface area contributed by atoms with Crippen LogP contribution in [0.3, 0.4) is 0 Å². The minimum absolute atomic E-state index is 0.0882. The standard InChI is InChI=1S/C19H24N2O4S/c1-3-9-19(22)20-14-15-21(26(2,23)24)17-12-7-8-13-18(17)25-16-10-5-4-6-11-16/h4-8,10-13H,3,9,14-15H2,1-2H3,(H,20,22). The fourth-order valence-electron chi connectivity index (χ4n) is 2.44. The van der Waals surface area contributed by atoms with Crippen LogP contribution in [0.15, 0.2) is 54.6 Å². The molecule has 26 heavy (non-hydrogen) atoms. The summed E-state index contributed by atoms with van der Waals surface area (Å²) in [5, 5.41) is 2.74. The second kappa shape index (κ2) is 9.24. The van der Waals surface area contributed by atoms with Crippen LogP contribution in [-0.2, 0) is 14.8 Å². The molecule has 0 heterocycles. The Kier molecular flexibility index (Phi) is 7.03. The van der Waals surface area contributed by atoms with Crippen molar-refractivity contribution in [1.29, 1.82) is 0 Å². The van der Waals surface area contributed by atoms with Crippen molar-refractivity contribution in [2.24, 2.45) is 0 Å². The molecular formula is C19H24N2O4S. The van der Waals surface area contributed by atoms with Gasteiger partial charge in [-0.3, -0.25) is 9.10 Å². The third-order valence-corrected chi connectivity index (χ3v) is 4.80. The minimum Gasteiger partial charge on any atom is -0.455 e. The quantitative estimate of drug-likeness (QED) is 0.729. The number of carbonyl (C=O) groups excluding carboxylic acids is 1. The van der Waals surface area contributed by atoms with Gasteiger partial charge in [0.1, 0.15) is 5.75 Å². The number of hydrogen-bond donors (Lipinski definition) is 1. The zero-order valence-electron chi connectivity index (χ0n) is 15.0. The van der Waals surface area contributed by atoms with Gasteiger partial charge < -0.3 is 10.1 Å². The number of benzene rings is 2. The molecule has 0 saturated carbocycles. The lowest BCUT2D eigenvalue weighted by Gasteiger charge is -2.24. The van der Waals surface area contributed by atoms with Gasteiger partial charge in [-0.25, -0.2) is 8.42 Å². The predicted octanol–water partition coefficient (Wildman–Crippen LogP) is 3.16. The van der Waals surface area contributed by atoms with E-state index in [2.05, 4.69) is 5.32 Å². The third-order valence-electron chi connectivity index (χ3n) is 3.62. The SMILES string of the molecule is CCCC(=O)NCCN(c1ccccc1Oc1ccccc1)S(C)(=O)=O. The van der Waals surface area contributed by atoms with Crippen LogP contribution in [0.25, 0.3) is 0 Å². The number of para-hydroxylation sites is 3. The summed E-state index contributed by atoms with van der Waals surface area (Å²) in [5.74, 6) is 0.962. The molecule has 0 saturated heterocycles. The van der Waals surface area contributed by atoms with Gasteiger partial charge in [0.05, 0.1) is 18.5 Å². The van der Waals surface area contributed by atoms with Gasteiger partial charge in [-0.1, -0.05) is 37.3 Å². The molecule has 0 fully saturated rings. The van der Waals surface area contributed by atoms with Crippen LogP contribution >= 0.6 is 0 Å². The highest BCUT2D eigenvalue weighted by atomic mass is 32.2. The number of sulfonamides is 1. The van der Waals surface area contributed by atoms with E-state index < -0.39 is 10.0 Å². The Morgan fingerprint density at radius 3 is 2.38 bits per heavy atom.